The van der Waals surface area contributed by atoms with Crippen LogP contribution in [0.2, 0.25) is 15.1 Å². The van der Waals surface area contributed by atoms with Crippen LogP contribution in [0.1, 0.15) is 23.5 Å². The first-order valence-corrected chi connectivity index (χ1v) is 7.76. The van der Waals surface area contributed by atoms with Gasteiger partial charge in [0.15, 0.2) is 0 Å². The normalized spacial score (nSPS) is 17.9. The molecule has 0 unspecified atom stereocenters. The summed E-state index contributed by atoms with van der Waals surface area (Å²) in [6.07, 6.45) is 0.427. The zero-order chi connectivity index (χ0) is 15.7. The van der Waals surface area contributed by atoms with E-state index in [1.54, 1.807) is 30.3 Å². The Labute approximate surface area is 142 Å². The van der Waals surface area contributed by atoms with Gasteiger partial charge in [0, 0.05) is 27.1 Å². The fourth-order valence-electron chi connectivity index (χ4n) is 2.43. The minimum absolute atomic E-state index is 0.215. The van der Waals surface area contributed by atoms with Gasteiger partial charge in [0.1, 0.15) is 0 Å². The van der Waals surface area contributed by atoms with E-state index in [0.29, 0.717) is 27.1 Å². The van der Waals surface area contributed by atoms with E-state index in [-0.39, 0.29) is 5.91 Å². The Hall–Kier alpha value is -1.55. The summed E-state index contributed by atoms with van der Waals surface area (Å²) in [5.74, 6) is -0.683. The molecule has 0 bridgehead atoms. The Morgan fingerprint density at radius 1 is 1.00 bits per heavy atom. The zero-order valence-corrected chi connectivity index (χ0v) is 13.6. The monoisotopic (exact) mass is 352 g/mol. The van der Waals surface area contributed by atoms with Gasteiger partial charge < -0.3 is 0 Å². The van der Waals surface area contributed by atoms with Gasteiger partial charge in [-0.15, -0.1) is 0 Å². The molecule has 112 valence electrons. The maximum atomic E-state index is 12.2. The molecule has 2 aromatic rings. The van der Waals surface area contributed by atoms with E-state index in [0.717, 1.165) is 11.3 Å². The second-order valence-electron chi connectivity index (χ2n) is 4.93. The SMILES string of the molecule is O=C1NN=C(c2ccc(Cl)cc2)C[C@H]1c1c(Cl)cccc1Cl. The summed E-state index contributed by atoms with van der Waals surface area (Å²) in [6.45, 7) is 0. The predicted molar refractivity (Wildman–Crippen MR) is 90.0 cm³/mol. The number of amides is 1. The van der Waals surface area contributed by atoms with Gasteiger partial charge in [-0.25, -0.2) is 5.43 Å². The van der Waals surface area contributed by atoms with Crippen LogP contribution in [0.5, 0.6) is 0 Å². The van der Waals surface area contributed by atoms with Gasteiger partial charge in [0.25, 0.3) is 0 Å². The topological polar surface area (TPSA) is 41.5 Å². The van der Waals surface area contributed by atoms with Crippen molar-refractivity contribution in [1.29, 1.82) is 0 Å². The predicted octanol–water partition coefficient (Wildman–Crippen LogP) is 4.65. The van der Waals surface area contributed by atoms with Crippen molar-refractivity contribution >= 4 is 46.4 Å². The standard InChI is InChI=1S/C16H11Cl3N2O/c17-10-6-4-9(5-7-10)14-8-11(16(22)21-20-14)15-12(18)2-1-3-13(15)19/h1-7,11H,8H2,(H,21,22)/t11-/m0/s1. The van der Waals surface area contributed by atoms with Crippen molar-refractivity contribution in [2.45, 2.75) is 12.3 Å². The maximum Gasteiger partial charge on any atom is 0.248 e. The molecule has 6 heteroatoms. The number of hydrogen-bond donors (Lipinski definition) is 1. The molecular formula is C16H11Cl3N2O. The summed E-state index contributed by atoms with van der Waals surface area (Å²) < 4.78 is 0. The van der Waals surface area contributed by atoms with Crippen LogP contribution >= 0.6 is 34.8 Å². The third kappa shape index (κ3) is 2.98. The summed E-state index contributed by atoms with van der Waals surface area (Å²) in [5.41, 5.74) is 4.84. The number of rotatable bonds is 2. The average molecular weight is 354 g/mol. The number of benzene rings is 2. The Balaban J connectivity index is 1.96. The molecule has 0 aliphatic carbocycles. The first kappa shape index (κ1) is 15.3. The molecule has 0 saturated heterocycles. The van der Waals surface area contributed by atoms with Crippen molar-refractivity contribution in [2.24, 2.45) is 5.10 Å². The minimum atomic E-state index is -0.468. The van der Waals surface area contributed by atoms with E-state index in [4.69, 9.17) is 34.8 Å². The number of halogens is 3. The van der Waals surface area contributed by atoms with E-state index in [2.05, 4.69) is 10.5 Å². The highest BCUT2D eigenvalue weighted by molar-refractivity contribution is 6.36. The van der Waals surface area contributed by atoms with E-state index >= 15 is 0 Å². The van der Waals surface area contributed by atoms with Gasteiger partial charge >= 0.3 is 0 Å². The van der Waals surface area contributed by atoms with Crippen LogP contribution in [0, 0.1) is 0 Å². The van der Waals surface area contributed by atoms with Gasteiger partial charge in [0.05, 0.1) is 11.6 Å². The lowest BCUT2D eigenvalue weighted by molar-refractivity contribution is -0.122. The molecule has 3 nitrogen and oxygen atoms in total. The zero-order valence-electron chi connectivity index (χ0n) is 11.3. The number of carbonyl (C=O) groups is 1. The lowest BCUT2D eigenvalue weighted by atomic mass is 9.89. The molecule has 1 amide bonds. The van der Waals surface area contributed by atoms with E-state index in [9.17, 15) is 4.79 Å². The third-order valence-corrected chi connectivity index (χ3v) is 4.45. The summed E-state index contributed by atoms with van der Waals surface area (Å²) >= 11 is 18.3. The van der Waals surface area contributed by atoms with Gasteiger partial charge in [-0.2, -0.15) is 5.10 Å². The molecule has 2 aromatic carbocycles. The molecule has 1 heterocycles. The summed E-state index contributed by atoms with van der Waals surface area (Å²) in [6, 6.07) is 12.5. The molecule has 1 aliphatic heterocycles. The quantitative estimate of drug-likeness (QED) is 0.838. The van der Waals surface area contributed by atoms with Crippen molar-refractivity contribution < 1.29 is 4.79 Å². The lowest BCUT2D eigenvalue weighted by Crippen LogP contribution is -2.33. The lowest BCUT2D eigenvalue weighted by Gasteiger charge is -2.23. The third-order valence-electron chi connectivity index (χ3n) is 3.54. The Kier molecular flexibility index (Phi) is 4.39. The highest BCUT2D eigenvalue weighted by Gasteiger charge is 2.30. The molecule has 22 heavy (non-hydrogen) atoms. The van der Waals surface area contributed by atoms with E-state index < -0.39 is 5.92 Å². The molecular weight excluding hydrogens is 343 g/mol. The fourth-order valence-corrected chi connectivity index (χ4v) is 3.22. The molecule has 3 rings (SSSR count). The Bertz CT molecular complexity index is 736. The van der Waals surface area contributed by atoms with Crippen molar-refractivity contribution in [3.63, 3.8) is 0 Å². The molecule has 1 aliphatic rings. The van der Waals surface area contributed by atoms with Crippen LogP contribution in [0.15, 0.2) is 47.6 Å². The van der Waals surface area contributed by atoms with Crippen LogP contribution in [-0.4, -0.2) is 11.6 Å². The summed E-state index contributed by atoms with van der Waals surface area (Å²) in [5, 5.41) is 5.74. The second-order valence-corrected chi connectivity index (χ2v) is 6.18. The van der Waals surface area contributed by atoms with Crippen LogP contribution in [0.4, 0.5) is 0 Å². The Morgan fingerprint density at radius 2 is 1.64 bits per heavy atom. The van der Waals surface area contributed by atoms with Crippen LogP contribution in [0.25, 0.3) is 0 Å². The van der Waals surface area contributed by atoms with Gasteiger partial charge in [-0.05, 0) is 29.8 Å². The average Bonchev–Trinajstić information content (AvgIpc) is 2.50. The van der Waals surface area contributed by atoms with Crippen molar-refractivity contribution in [3.8, 4) is 0 Å². The van der Waals surface area contributed by atoms with Gasteiger partial charge in [-0.1, -0.05) is 53.0 Å². The molecule has 0 saturated carbocycles. The van der Waals surface area contributed by atoms with Gasteiger partial charge in [-0.3, -0.25) is 4.79 Å². The summed E-state index contributed by atoms with van der Waals surface area (Å²) in [4.78, 5) is 12.2. The highest BCUT2D eigenvalue weighted by Crippen LogP contribution is 2.35. The van der Waals surface area contributed by atoms with Crippen molar-refractivity contribution in [3.05, 3.63) is 68.7 Å². The largest absolute Gasteiger partial charge is 0.272 e. The van der Waals surface area contributed by atoms with Crippen LogP contribution in [0.3, 0.4) is 0 Å². The smallest absolute Gasteiger partial charge is 0.248 e. The minimum Gasteiger partial charge on any atom is -0.272 e. The first-order valence-electron chi connectivity index (χ1n) is 6.62. The maximum absolute atomic E-state index is 12.2. The van der Waals surface area contributed by atoms with Gasteiger partial charge in [0.2, 0.25) is 5.91 Å². The molecule has 1 atom stereocenters. The van der Waals surface area contributed by atoms with E-state index in [1.807, 2.05) is 12.1 Å². The first-order chi connectivity index (χ1) is 10.6. The molecule has 0 spiro atoms. The molecule has 0 fully saturated rings. The van der Waals surface area contributed by atoms with Crippen molar-refractivity contribution in [2.75, 3.05) is 0 Å². The Morgan fingerprint density at radius 3 is 2.27 bits per heavy atom. The summed E-state index contributed by atoms with van der Waals surface area (Å²) in [7, 11) is 0. The van der Waals surface area contributed by atoms with Crippen LogP contribution < -0.4 is 5.43 Å². The molecule has 0 radical (unpaired) electrons. The van der Waals surface area contributed by atoms with Crippen molar-refractivity contribution in [1.82, 2.24) is 5.43 Å². The second kappa shape index (κ2) is 6.29. The number of nitrogens with zero attached hydrogens (tertiary/aromatic N) is 1. The fraction of sp³-hybridized carbons (Fsp3) is 0.125. The highest BCUT2D eigenvalue weighted by atomic mass is 35.5. The number of nitrogens with one attached hydrogen (secondary N) is 1. The number of hydrazone groups is 1. The number of carbonyl (C=O) groups excluding carboxylic acids is 1. The van der Waals surface area contributed by atoms with Crippen LogP contribution in [-0.2, 0) is 4.79 Å². The molecule has 1 N–H and O–H groups in total. The van der Waals surface area contributed by atoms with E-state index in [1.165, 1.54) is 0 Å². The number of hydrogen-bond acceptors (Lipinski definition) is 2. The molecule has 0 aromatic heterocycles.